The zero-order chi connectivity index (χ0) is 19.5. The number of benzene rings is 3. The Labute approximate surface area is 160 Å². The number of rotatable bonds is 4. The lowest BCUT2D eigenvalue weighted by atomic mass is 10.1. The van der Waals surface area contributed by atoms with Gasteiger partial charge in [0.1, 0.15) is 18.1 Å². The normalized spacial score (nSPS) is 10.8. The van der Waals surface area contributed by atoms with E-state index in [1.54, 1.807) is 30.3 Å². The molecule has 138 valence electrons. The van der Waals surface area contributed by atoms with Crippen molar-refractivity contribution in [2.75, 3.05) is 5.32 Å². The molecule has 6 heteroatoms. The van der Waals surface area contributed by atoms with Crippen molar-refractivity contribution in [3.8, 4) is 11.3 Å². The zero-order valence-corrected chi connectivity index (χ0v) is 14.8. The van der Waals surface area contributed by atoms with Gasteiger partial charge in [0.2, 0.25) is 5.91 Å². The molecule has 5 nitrogen and oxygen atoms in total. The van der Waals surface area contributed by atoms with Crippen LogP contribution in [0.2, 0.25) is 0 Å². The van der Waals surface area contributed by atoms with E-state index >= 15 is 0 Å². The summed E-state index contributed by atoms with van der Waals surface area (Å²) in [5.74, 6) is -0.772. The summed E-state index contributed by atoms with van der Waals surface area (Å²) in [6, 6.07) is 21.8. The average molecular weight is 373 g/mol. The number of amides is 1. The Morgan fingerprint density at radius 2 is 1.61 bits per heavy atom. The van der Waals surface area contributed by atoms with E-state index < -0.39 is 0 Å². The highest BCUT2D eigenvalue weighted by atomic mass is 19.1. The van der Waals surface area contributed by atoms with Crippen LogP contribution in [-0.4, -0.2) is 15.5 Å². The van der Waals surface area contributed by atoms with Crippen LogP contribution in [0.5, 0.6) is 0 Å². The minimum Gasteiger partial charge on any atom is -0.325 e. The number of hydrogen-bond acceptors (Lipinski definition) is 3. The van der Waals surface area contributed by atoms with E-state index in [1.807, 2.05) is 24.3 Å². The van der Waals surface area contributed by atoms with Gasteiger partial charge in [-0.25, -0.2) is 9.37 Å². The summed E-state index contributed by atoms with van der Waals surface area (Å²) in [6.07, 6.45) is 0. The van der Waals surface area contributed by atoms with Crippen LogP contribution in [0.3, 0.4) is 0 Å². The number of carbonyl (C=O) groups is 1. The Kier molecular flexibility index (Phi) is 4.68. The predicted octanol–water partition coefficient (Wildman–Crippen LogP) is 3.84. The zero-order valence-electron chi connectivity index (χ0n) is 14.8. The standard InChI is InChI=1S/C22H16FN3O2/c23-16-10-12-17(13-11-16)24-20(27)14-26-19-9-5-4-8-18(19)25-21(22(26)28)15-6-2-1-3-7-15/h1-13H,14H2,(H,24,27). The Hall–Kier alpha value is -3.80. The molecule has 28 heavy (non-hydrogen) atoms. The van der Waals surface area contributed by atoms with Crippen molar-refractivity contribution in [2.24, 2.45) is 0 Å². The predicted molar refractivity (Wildman–Crippen MR) is 106 cm³/mol. The van der Waals surface area contributed by atoms with Crippen LogP contribution in [0.15, 0.2) is 83.7 Å². The van der Waals surface area contributed by atoms with E-state index in [0.717, 1.165) is 0 Å². The van der Waals surface area contributed by atoms with Gasteiger partial charge in [-0.05, 0) is 36.4 Å². The third-order valence-electron chi connectivity index (χ3n) is 4.33. The molecule has 0 saturated carbocycles. The summed E-state index contributed by atoms with van der Waals surface area (Å²) >= 11 is 0. The van der Waals surface area contributed by atoms with E-state index in [9.17, 15) is 14.0 Å². The summed E-state index contributed by atoms with van der Waals surface area (Å²) in [5, 5.41) is 2.68. The van der Waals surface area contributed by atoms with Gasteiger partial charge in [0, 0.05) is 11.3 Å². The molecule has 0 aliphatic rings. The maximum atomic E-state index is 13.1. The fraction of sp³-hybridized carbons (Fsp3) is 0.0455. The number of nitrogens with one attached hydrogen (secondary N) is 1. The summed E-state index contributed by atoms with van der Waals surface area (Å²) in [7, 11) is 0. The third-order valence-corrected chi connectivity index (χ3v) is 4.33. The maximum Gasteiger partial charge on any atom is 0.278 e. The molecule has 0 radical (unpaired) electrons. The minimum absolute atomic E-state index is 0.181. The smallest absolute Gasteiger partial charge is 0.278 e. The van der Waals surface area contributed by atoms with E-state index in [0.29, 0.717) is 22.3 Å². The van der Waals surface area contributed by atoms with Gasteiger partial charge in [-0.1, -0.05) is 42.5 Å². The van der Waals surface area contributed by atoms with Crippen molar-refractivity contribution >= 4 is 22.6 Å². The molecule has 3 aromatic carbocycles. The molecule has 0 fully saturated rings. The van der Waals surface area contributed by atoms with Crippen molar-refractivity contribution in [2.45, 2.75) is 6.54 Å². The monoisotopic (exact) mass is 373 g/mol. The van der Waals surface area contributed by atoms with Gasteiger partial charge in [0.05, 0.1) is 11.0 Å². The first kappa shape index (κ1) is 17.6. The van der Waals surface area contributed by atoms with Crippen LogP contribution < -0.4 is 10.9 Å². The lowest BCUT2D eigenvalue weighted by Crippen LogP contribution is -2.29. The largest absolute Gasteiger partial charge is 0.325 e. The van der Waals surface area contributed by atoms with Crippen molar-refractivity contribution in [3.05, 3.63) is 95.0 Å². The SMILES string of the molecule is O=C(Cn1c(=O)c(-c2ccccc2)nc2ccccc21)Nc1ccc(F)cc1. The van der Waals surface area contributed by atoms with Crippen molar-refractivity contribution in [1.29, 1.82) is 0 Å². The van der Waals surface area contributed by atoms with Gasteiger partial charge in [-0.2, -0.15) is 0 Å². The molecule has 0 bridgehead atoms. The van der Waals surface area contributed by atoms with E-state index in [1.165, 1.54) is 28.8 Å². The molecule has 0 atom stereocenters. The number of nitrogens with zero attached hydrogens (tertiary/aromatic N) is 2. The molecule has 0 saturated heterocycles. The lowest BCUT2D eigenvalue weighted by molar-refractivity contribution is -0.116. The molecule has 1 aromatic heterocycles. The molecule has 1 heterocycles. The summed E-state index contributed by atoms with van der Waals surface area (Å²) in [4.78, 5) is 30.1. The van der Waals surface area contributed by atoms with Gasteiger partial charge >= 0.3 is 0 Å². The number of carbonyl (C=O) groups excluding carboxylic acids is 1. The lowest BCUT2D eigenvalue weighted by Gasteiger charge is -2.12. The first-order chi connectivity index (χ1) is 13.6. The van der Waals surface area contributed by atoms with E-state index in [4.69, 9.17) is 0 Å². The van der Waals surface area contributed by atoms with Crippen molar-refractivity contribution in [1.82, 2.24) is 9.55 Å². The molecule has 4 rings (SSSR count). The minimum atomic E-state index is -0.387. The molecule has 0 unspecified atom stereocenters. The highest BCUT2D eigenvalue weighted by molar-refractivity contribution is 5.91. The number of aromatic nitrogens is 2. The molecule has 1 N–H and O–H groups in total. The first-order valence-electron chi connectivity index (χ1n) is 8.72. The molecular formula is C22H16FN3O2. The van der Waals surface area contributed by atoms with Crippen molar-refractivity contribution in [3.63, 3.8) is 0 Å². The molecule has 4 aromatic rings. The van der Waals surface area contributed by atoms with Gasteiger partial charge in [0.25, 0.3) is 5.56 Å². The Bertz CT molecular complexity index is 1200. The molecular weight excluding hydrogens is 357 g/mol. The maximum absolute atomic E-state index is 13.1. The van der Waals surface area contributed by atoms with Crippen LogP contribution in [-0.2, 0) is 11.3 Å². The molecule has 1 amide bonds. The highest BCUT2D eigenvalue weighted by Gasteiger charge is 2.15. The number of halogens is 1. The fourth-order valence-corrected chi connectivity index (χ4v) is 3.01. The van der Waals surface area contributed by atoms with Gasteiger partial charge < -0.3 is 5.32 Å². The van der Waals surface area contributed by atoms with Crippen LogP contribution in [0, 0.1) is 5.82 Å². The van der Waals surface area contributed by atoms with E-state index in [-0.39, 0.29) is 29.5 Å². The molecule has 0 aliphatic carbocycles. The summed E-state index contributed by atoms with van der Waals surface area (Å²) in [5.41, 5.74) is 2.28. The second kappa shape index (κ2) is 7.44. The average Bonchev–Trinajstić information content (AvgIpc) is 2.72. The fourth-order valence-electron chi connectivity index (χ4n) is 3.01. The topological polar surface area (TPSA) is 64.0 Å². The third kappa shape index (κ3) is 3.53. The van der Waals surface area contributed by atoms with Crippen LogP contribution in [0.1, 0.15) is 0 Å². The molecule has 0 spiro atoms. The first-order valence-corrected chi connectivity index (χ1v) is 8.72. The second-order valence-corrected chi connectivity index (χ2v) is 6.26. The number of anilines is 1. The Balaban J connectivity index is 1.75. The Morgan fingerprint density at radius 3 is 2.36 bits per heavy atom. The van der Waals surface area contributed by atoms with Gasteiger partial charge in [-0.15, -0.1) is 0 Å². The molecule has 0 aliphatic heterocycles. The van der Waals surface area contributed by atoms with Crippen LogP contribution >= 0.6 is 0 Å². The number of hydrogen-bond donors (Lipinski definition) is 1. The summed E-state index contributed by atoms with van der Waals surface area (Å²) < 4.78 is 14.4. The van der Waals surface area contributed by atoms with Crippen LogP contribution in [0.4, 0.5) is 10.1 Å². The van der Waals surface area contributed by atoms with Gasteiger partial charge in [0.15, 0.2) is 0 Å². The highest BCUT2D eigenvalue weighted by Crippen LogP contribution is 2.17. The van der Waals surface area contributed by atoms with Gasteiger partial charge in [-0.3, -0.25) is 14.2 Å². The number of para-hydroxylation sites is 2. The van der Waals surface area contributed by atoms with Crippen LogP contribution in [0.25, 0.3) is 22.3 Å². The summed E-state index contributed by atoms with van der Waals surface area (Å²) in [6.45, 7) is -0.181. The Morgan fingerprint density at radius 1 is 0.929 bits per heavy atom. The van der Waals surface area contributed by atoms with Crippen molar-refractivity contribution < 1.29 is 9.18 Å². The van der Waals surface area contributed by atoms with E-state index in [2.05, 4.69) is 10.3 Å². The number of fused-ring (bicyclic) bond motifs is 1. The quantitative estimate of drug-likeness (QED) is 0.591. The second-order valence-electron chi connectivity index (χ2n) is 6.26.